The van der Waals surface area contributed by atoms with Gasteiger partial charge in [0.15, 0.2) is 0 Å². The van der Waals surface area contributed by atoms with E-state index in [2.05, 4.69) is 4.74 Å². The number of carbonyl (C=O) groups is 1. The first kappa shape index (κ1) is 16.1. The Kier molecular flexibility index (Phi) is 5.61. The van der Waals surface area contributed by atoms with E-state index in [4.69, 9.17) is 4.74 Å². The molecule has 0 spiro atoms. The quantitative estimate of drug-likeness (QED) is 0.613. The van der Waals surface area contributed by atoms with E-state index in [0.717, 1.165) is 12.1 Å². The van der Waals surface area contributed by atoms with Crippen LogP contribution in [-0.4, -0.2) is 19.7 Å². The molecular formula is C14H15F3O3. The molecular weight excluding hydrogens is 273 g/mol. The maximum Gasteiger partial charge on any atom is 0.416 e. The number of hydrogen-bond donors (Lipinski definition) is 0. The van der Waals surface area contributed by atoms with Gasteiger partial charge < -0.3 is 9.47 Å². The van der Waals surface area contributed by atoms with E-state index in [9.17, 15) is 18.0 Å². The van der Waals surface area contributed by atoms with E-state index in [1.54, 1.807) is 13.0 Å². The first-order valence-corrected chi connectivity index (χ1v) is 5.96. The van der Waals surface area contributed by atoms with Gasteiger partial charge in [0.25, 0.3) is 0 Å². The second-order valence-corrected chi connectivity index (χ2v) is 3.91. The van der Waals surface area contributed by atoms with E-state index in [0.29, 0.717) is 17.7 Å². The highest BCUT2D eigenvalue weighted by Crippen LogP contribution is 2.30. The molecule has 1 aromatic carbocycles. The highest BCUT2D eigenvalue weighted by atomic mass is 19.4. The number of methoxy groups -OCH3 is 1. The average Bonchev–Trinajstić information content (AvgIpc) is 2.42. The summed E-state index contributed by atoms with van der Waals surface area (Å²) in [6, 6.07) is 4.36. The second kappa shape index (κ2) is 6.98. The van der Waals surface area contributed by atoms with Crippen LogP contribution < -0.4 is 4.74 Å². The van der Waals surface area contributed by atoms with Crippen LogP contribution in [0.1, 0.15) is 18.9 Å². The highest BCUT2D eigenvalue weighted by molar-refractivity contribution is 5.88. The Bertz CT molecular complexity index is 475. The third-order valence-corrected chi connectivity index (χ3v) is 2.59. The number of carbonyl (C=O) groups excluding carboxylic acids is 1. The third kappa shape index (κ3) is 4.60. The van der Waals surface area contributed by atoms with Crippen molar-refractivity contribution in [3.63, 3.8) is 0 Å². The van der Waals surface area contributed by atoms with Crippen molar-refractivity contribution in [3.8, 4) is 5.75 Å². The maximum absolute atomic E-state index is 12.3. The minimum atomic E-state index is -4.36. The van der Waals surface area contributed by atoms with Gasteiger partial charge in [0.2, 0.25) is 0 Å². The minimum Gasteiger partial charge on any atom is -0.490 e. The van der Waals surface area contributed by atoms with Crippen molar-refractivity contribution in [1.29, 1.82) is 0 Å². The maximum atomic E-state index is 12.3. The second-order valence-electron chi connectivity index (χ2n) is 3.91. The predicted octanol–water partition coefficient (Wildman–Crippen LogP) is 3.59. The van der Waals surface area contributed by atoms with Gasteiger partial charge in [-0.25, -0.2) is 4.79 Å². The van der Waals surface area contributed by atoms with Crippen LogP contribution >= 0.6 is 0 Å². The average molecular weight is 288 g/mol. The summed E-state index contributed by atoms with van der Waals surface area (Å²) in [4.78, 5) is 11.3. The molecule has 0 amide bonds. The fraction of sp³-hybridized carbons (Fsp3) is 0.357. The summed E-state index contributed by atoms with van der Waals surface area (Å²) in [5.41, 5.74) is -0.274. The van der Waals surface area contributed by atoms with Gasteiger partial charge in [0.1, 0.15) is 12.4 Å². The van der Waals surface area contributed by atoms with Gasteiger partial charge in [-0.1, -0.05) is 6.92 Å². The molecule has 0 aliphatic heterocycles. The Labute approximate surface area is 115 Å². The standard InChI is InChI=1S/C14H15F3O3/c1-3-10(13(18)19-2)8-9-20-12-6-4-11(5-7-12)14(15,16)17/h4-8H,3,9H2,1-2H3. The van der Waals surface area contributed by atoms with Crippen LogP contribution in [0.25, 0.3) is 0 Å². The zero-order valence-electron chi connectivity index (χ0n) is 11.2. The van der Waals surface area contributed by atoms with E-state index in [1.807, 2.05) is 0 Å². The molecule has 6 heteroatoms. The SMILES string of the molecule is CCC(=CCOc1ccc(C(F)(F)F)cc1)C(=O)OC. The summed E-state index contributed by atoms with van der Waals surface area (Å²) < 4.78 is 46.9. The van der Waals surface area contributed by atoms with Gasteiger partial charge in [0, 0.05) is 5.57 Å². The molecule has 1 aromatic rings. The molecule has 0 aromatic heterocycles. The van der Waals surface area contributed by atoms with Crippen LogP contribution in [0.5, 0.6) is 5.75 Å². The topological polar surface area (TPSA) is 35.5 Å². The van der Waals surface area contributed by atoms with Crippen LogP contribution in [0.4, 0.5) is 13.2 Å². The summed E-state index contributed by atoms with van der Waals surface area (Å²) in [5.74, 6) is -0.141. The molecule has 0 radical (unpaired) electrons. The Morgan fingerprint density at radius 1 is 1.25 bits per heavy atom. The van der Waals surface area contributed by atoms with E-state index >= 15 is 0 Å². The van der Waals surface area contributed by atoms with Gasteiger partial charge in [-0.05, 0) is 36.8 Å². The first-order chi connectivity index (χ1) is 9.38. The van der Waals surface area contributed by atoms with E-state index < -0.39 is 17.7 Å². The molecule has 0 unspecified atom stereocenters. The summed E-state index contributed by atoms with van der Waals surface area (Å²) in [6.07, 6.45) is -2.33. The Balaban J connectivity index is 2.62. The zero-order chi connectivity index (χ0) is 15.2. The van der Waals surface area contributed by atoms with E-state index in [1.165, 1.54) is 19.2 Å². The molecule has 0 saturated carbocycles. The van der Waals surface area contributed by atoms with Crippen LogP contribution in [0.3, 0.4) is 0 Å². The van der Waals surface area contributed by atoms with Crippen LogP contribution in [0, 0.1) is 0 Å². The number of rotatable bonds is 5. The zero-order valence-corrected chi connectivity index (χ0v) is 11.2. The molecule has 1 rings (SSSR count). The number of benzene rings is 1. The van der Waals surface area contributed by atoms with E-state index in [-0.39, 0.29) is 6.61 Å². The van der Waals surface area contributed by atoms with Crippen molar-refractivity contribution >= 4 is 5.97 Å². The molecule has 0 saturated heterocycles. The summed E-state index contributed by atoms with van der Waals surface area (Å²) in [6.45, 7) is 1.88. The van der Waals surface area contributed by atoms with Gasteiger partial charge >= 0.3 is 12.1 Å². The van der Waals surface area contributed by atoms with Gasteiger partial charge in [-0.2, -0.15) is 13.2 Å². The third-order valence-electron chi connectivity index (χ3n) is 2.59. The van der Waals surface area contributed by atoms with Crippen molar-refractivity contribution in [1.82, 2.24) is 0 Å². The number of hydrogen-bond acceptors (Lipinski definition) is 3. The molecule has 0 atom stereocenters. The summed E-state index contributed by atoms with van der Waals surface area (Å²) >= 11 is 0. The molecule has 0 heterocycles. The summed E-state index contributed by atoms with van der Waals surface area (Å²) in [7, 11) is 1.28. The predicted molar refractivity (Wildman–Crippen MR) is 67.3 cm³/mol. The smallest absolute Gasteiger partial charge is 0.416 e. The lowest BCUT2D eigenvalue weighted by Crippen LogP contribution is -2.06. The lowest BCUT2D eigenvalue weighted by atomic mass is 10.2. The fourth-order valence-corrected chi connectivity index (χ4v) is 1.48. The van der Waals surface area contributed by atoms with Crippen molar-refractivity contribution in [2.45, 2.75) is 19.5 Å². The van der Waals surface area contributed by atoms with Gasteiger partial charge in [-0.3, -0.25) is 0 Å². The minimum absolute atomic E-state index is 0.0869. The lowest BCUT2D eigenvalue weighted by molar-refractivity contribution is -0.138. The number of alkyl halides is 3. The largest absolute Gasteiger partial charge is 0.490 e. The van der Waals surface area contributed by atoms with Crippen LogP contribution in [0.2, 0.25) is 0 Å². The summed E-state index contributed by atoms with van der Waals surface area (Å²) in [5, 5.41) is 0. The lowest BCUT2D eigenvalue weighted by Gasteiger charge is -2.08. The molecule has 0 aliphatic rings. The Morgan fingerprint density at radius 2 is 1.85 bits per heavy atom. The van der Waals surface area contributed by atoms with Crippen molar-refractivity contribution in [3.05, 3.63) is 41.5 Å². The van der Waals surface area contributed by atoms with Crippen LogP contribution in [0.15, 0.2) is 35.9 Å². The molecule has 3 nitrogen and oxygen atoms in total. The molecule has 0 fully saturated rings. The van der Waals surface area contributed by atoms with Gasteiger partial charge in [-0.15, -0.1) is 0 Å². The normalized spacial score (nSPS) is 12.2. The molecule has 20 heavy (non-hydrogen) atoms. The molecule has 0 N–H and O–H groups in total. The Morgan fingerprint density at radius 3 is 2.30 bits per heavy atom. The van der Waals surface area contributed by atoms with Crippen molar-refractivity contribution in [2.75, 3.05) is 13.7 Å². The number of ether oxygens (including phenoxy) is 2. The molecule has 0 bridgehead atoms. The fourth-order valence-electron chi connectivity index (χ4n) is 1.48. The number of halogens is 3. The van der Waals surface area contributed by atoms with Crippen LogP contribution in [-0.2, 0) is 15.7 Å². The van der Waals surface area contributed by atoms with Crippen molar-refractivity contribution in [2.24, 2.45) is 0 Å². The highest BCUT2D eigenvalue weighted by Gasteiger charge is 2.29. The monoisotopic (exact) mass is 288 g/mol. The number of esters is 1. The molecule has 110 valence electrons. The van der Waals surface area contributed by atoms with Crippen molar-refractivity contribution < 1.29 is 27.4 Å². The van der Waals surface area contributed by atoms with Gasteiger partial charge in [0.05, 0.1) is 12.7 Å². The first-order valence-electron chi connectivity index (χ1n) is 5.96. The Hall–Kier alpha value is -1.98. The molecule has 0 aliphatic carbocycles.